The van der Waals surface area contributed by atoms with Gasteiger partial charge in [0.25, 0.3) is 5.69 Å². The normalized spacial score (nSPS) is 10.5. The van der Waals surface area contributed by atoms with Crippen LogP contribution in [0.3, 0.4) is 0 Å². The number of halogens is 1. The van der Waals surface area contributed by atoms with Gasteiger partial charge in [-0.05, 0) is 11.6 Å². The number of benzene rings is 1. The van der Waals surface area contributed by atoms with Crippen molar-refractivity contribution in [3.8, 4) is 0 Å². The van der Waals surface area contributed by atoms with Gasteiger partial charge in [0, 0.05) is 18.3 Å². The first-order chi connectivity index (χ1) is 8.04. The molecule has 0 saturated carbocycles. The summed E-state index contributed by atoms with van der Waals surface area (Å²) in [4.78, 5) is 21.2. The van der Waals surface area contributed by atoms with E-state index >= 15 is 0 Å². The summed E-state index contributed by atoms with van der Waals surface area (Å²) in [6.07, 6.45) is 3.59. The SMILES string of the molecule is CC(=O)Nc1ccc(C=CCBr)cc1[N+](=O)[O-]. The molecule has 0 radical (unpaired) electrons. The second-order valence-electron chi connectivity index (χ2n) is 3.27. The molecule has 6 heteroatoms. The molecule has 0 fully saturated rings. The van der Waals surface area contributed by atoms with Crippen LogP contribution in [0.25, 0.3) is 6.08 Å². The van der Waals surface area contributed by atoms with Gasteiger partial charge in [-0.3, -0.25) is 14.9 Å². The first kappa shape index (κ1) is 13.4. The van der Waals surface area contributed by atoms with Crippen molar-refractivity contribution >= 4 is 39.3 Å². The first-order valence-electron chi connectivity index (χ1n) is 4.83. The summed E-state index contributed by atoms with van der Waals surface area (Å²) >= 11 is 3.22. The summed E-state index contributed by atoms with van der Waals surface area (Å²) in [6.45, 7) is 1.31. The molecule has 0 spiro atoms. The fourth-order valence-electron chi connectivity index (χ4n) is 1.28. The Morgan fingerprint density at radius 2 is 2.29 bits per heavy atom. The second-order valence-corrected chi connectivity index (χ2v) is 3.92. The molecule has 0 aliphatic carbocycles. The lowest BCUT2D eigenvalue weighted by Gasteiger charge is -2.04. The van der Waals surface area contributed by atoms with Crippen LogP contribution in [-0.4, -0.2) is 16.2 Å². The molecule has 1 aromatic rings. The van der Waals surface area contributed by atoms with Crippen LogP contribution in [-0.2, 0) is 4.79 Å². The predicted molar refractivity (Wildman–Crippen MR) is 70.2 cm³/mol. The van der Waals surface area contributed by atoms with Gasteiger partial charge in [-0.25, -0.2) is 0 Å². The van der Waals surface area contributed by atoms with E-state index in [0.29, 0.717) is 10.9 Å². The zero-order valence-electron chi connectivity index (χ0n) is 9.14. The fourth-order valence-corrected chi connectivity index (χ4v) is 1.47. The lowest BCUT2D eigenvalue weighted by Crippen LogP contribution is -2.08. The van der Waals surface area contributed by atoms with E-state index in [-0.39, 0.29) is 17.3 Å². The molecule has 0 unspecified atom stereocenters. The Bertz CT molecular complexity index is 472. The maximum absolute atomic E-state index is 10.9. The minimum atomic E-state index is -0.517. The number of anilines is 1. The van der Waals surface area contributed by atoms with Crippen LogP contribution < -0.4 is 5.32 Å². The molecule has 0 saturated heterocycles. The molecule has 1 rings (SSSR count). The first-order valence-corrected chi connectivity index (χ1v) is 5.95. The monoisotopic (exact) mass is 298 g/mol. The number of nitrogens with one attached hydrogen (secondary N) is 1. The third-order valence-electron chi connectivity index (χ3n) is 1.93. The number of rotatable bonds is 4. The summed E-state index contributed by atoms with van der Waals surface area (Å²) < 4.78 is 0. The number of nitro benzene ring substituents is 1. The second kappa shape index (κ2) is 6.15. The van der Waals surface area contributed by atoms with Crippen LogP contribution in [0.2, 0.25) is 0 Å². The van der Waals surface area contributed by atoms with Gasteiger partial charge in [0.1, 0.15) is 5.69 Å². The molecular weight excluding hydrogens is 288 g/mol. The molecule has 90 valence electrons. The number of nitrogens with zero attached hydrogens (tertiary/aromatic N) is 1. The van der Waals surface area contributed by atoms with Crippen LogP contribution in [0.15, 0.2) is 24.3 Å². The van der Waals surface area contributed by atoms with Crippen molar-refractivity contribution in [2.75, 3.05) is 10.6 Å². The van der Waals surface area contributed by atoms with Crippen molar-refractivity contribution in [2.24, 2.45) is 0 Å². The van der Waals surface area contributed by atoms with Gasteiger partial charge >= 0.3 is 0 Å². The lowest BCUT2D eigenvalue weighted by molar-refractivity contribution is -0.383. The van der Waals surface area contributed by atoms with Gasteiger partial charge in [0.2, 0.25) is 5.91 Å². The van der Waals surface area contributed by atoms with Crippen LogP contribution in [0.4, 0.5) is 11.4 Å². The zero-order chi connectivity index (χ0) is 12.8. The highest BCUT2D eigenvalue weighted by Crippen LogP contribution is 2.26. The number of carbonyl (C=O) groups excluding carboxylic acids is 1. The molecular formula is C11H11BrN2O3. The van der Waals surface area contributed by atoms with Crippen LogP contribution in [0.5, 0.6) is 0 Å². The van der Waals surface area contributed by atoms with Crippen molar-refractivity contribution in [1.82, 2.24) is 0 Å². The number of hydrogen-bond acceptors (Lipinski definition) is 3. The summed E-state index contributed by atoms with van der Waals surface area (Å²) in [6, 6.07) is 4.65. The average molecular weight is 299 g/mol. The topological polar surface area (TPSA) is 72.2 Å². The standard InChI is InChI=1S/C11H11BrN2O3/c1-8(15)13-10-5-4-9(3-2-6-12)7-11(10)14(16)17/h2-5,7H,6H2,1H3,(H,13,15). The van der Waals surface area contributed by atoms with E-state index in [2.05, 4.69) is 21.2 Å². The van der Waals surface area contributed by atoms with Crippen LogP contribution in [0, 0.1) is 10.1 Å². The smallest absolute Gasteiger partial charge is 0.293 e. The number of nitro groups is 1. The summed E-state index contributed by atoms with van der Waals surface area (Å²) in [5, 5.41) is 13.9. The third-order valence-corrected chi connectivity index (χ3v) is 2.30. The van der Waals surface area contributed by atoms with E-state index < -0.39 is 4.92 Å². The minimum Gasteiger partial charge on any atom is -0.321 e. The van der Waals surface area contributed by atoms with Gasteiger partial charge < -0.3 is 5.32 Å². The van der Waals surface area contributed by atoms with Crippen LogP contribution in [0.1, 0.15) is 12.5 Å². The Hall–Kier alpha value is -1.69. The molecule has 17 heavy (non-hydrogen) atoms. The highest BCUT2D eigenvalue weighted by atomic mass is 79.9. The molecule has 0 atom stereocenters. The van der Waals surface area contributed by atoms with Gasteiger partial charge in [0.05, 0.1) is 4.92 Å². The maximum Gasteiger partial charge on any atom is 0.293 e. The number of amides is 1. The van der Waals surface area contributed by atoms with Gasteiger partial charge in [0.15, 0.2) is 0 Å². The summed E-state index contributed by atoms with van der Waals surface area (Å²) in [5.41, 5.74) is 0.806. The fraction of sp³-hybridized carbons (Fsp3) is 0.182. The molecule has 1 amide bonds. The summed E-state index contributed by atoms with van der Waals surface area (Å²) in [7, 11) is 0. The molecule has 1 N–H and O–H groups in total. The van der Waals surface area contributed by atoms with Gasteiger partial charge in [-0.1, -0.05) is 34.1 Å². The number of alkyl halides is 1. The van der Waals surface area contributed by atoms with Crippen LogP contribution >= 0.6 is 15.9 Å². The largest absolute Gasteiger partial charge is 0.321 e. The molecule has 5 nitrogen and oxygen atoms in total. The van der Waals surface area contributed by atoms with E-state index in [0.717, 1.165) is 0 Å². The van der Waals surface area contributed by atoms with E-state index in [1.54, 1.807) is 12.1 Å². The molecule has 0 bridgehead atoms. The molecule has 0 heterocycles. The van der Waals surface area contributed by atoms with Crippen molar-refractivity contribution in [3.05, 3.63) is 40.0 Å². The van der Waals surface area contributed by atoms with E-state index in [4.69, 9.17) is 0 Å². The van der Waals surface area contributed by atoms with Crippen molar-refractivity contribution in [1.29, 1.82) is 0 Å². The van der Waals surface area contributed by atoms with Crippen molar-refractivity contribution in [2.45, 2.75) is 6.92 Å². The lowest BCUT2D eigenvalue weighted by atomic mass is 10.1. The third kappa shape index (κ3) is 3.99. The minimum absolute atomic E-state index is 0.114. The Kier molecular flexibility index (Phi) is 4.84. The van der Waals surface area contributed by atoms with E-state index in [1.807, 2.05) is 6.08 Å². The molecule has 0 aromatic heterocycles. The molecule has 0 aliphatic rings. The van der Waals surface area contributed by atoms with Crippen molar-refractivity contribution in [3.63, 3.8) is 0 Å². The van der Waals surface area contributed by atoms with Gasteiger partial charge in [-0.2, -0.15) is 0 Å². The maximum atomic E-state index is 10.9. The highest BCUT2D eigenvalue weighted by Gasteiger charge is 2.14. The predicted octanol–water partition coefficient (Wildman–Crippen LogP) is 2.96. The van der Waals surface area contributed by atoms with Crippen molar-refractivity contribution < 1.29 is 9.72 Å². The number of hydrogen-bond donors (Lipinski definition) is 1. The highest BCUT2D eigenvalue weighted by molar-refractivity contribution is 9.09. The quantitative estimate of drug-likeness (QED) is 0.528. The van der Waals surface area contributed by atoms with E-state index in [9.17, 15) is 14.9 Å². The molecule has 0 aliphatic heterocycles. The molecule has 1 aromatic carbocycles. The van der Waals surface area contributed by atoms with Gasteiger partial charge in [-0.15, -0.1) is 0 Å². The Balaban J connectivity index is 3.12. The summed E-state index contributed by atoms with van der Waals surface area (Å²) in [5.74, 6) is -0.336. The Morgan fingerprint density at radius 3 is 2.82 bits per heavy atom. The Morgan fingerprint density at radius 1 is 1.59 bits per heavy atom. The zero-order valence-corrected chi connectivity index (χ0v) is 10.7. The van der Waals surface area contributed by atoms with E-state index in [1.165, 1.54) is 19.1 Å². The number of carbonyl (C=O) groups is 1. The Labute approximate surface area is 107 Å². The average Bonchev–Trinajstić information content (AvgIpc) is 2.26. The number of allylic oxidation sites excluding steroid dienone is 1.